The van der Waals surface area contributed by atoms with Crippen molar-refractivity contribution in [3.63, 3.8) is 0 Å². The Labute approximate surface area is 187 Å². The highest BCUT2D eigenvalue weighted by Crippen LogP contribution is 2.34. The summed E-state index contributed by atoms with van der Waals surface area (Å²) >= 11 is 0. The van der Waals surface area contributed by atoms with Gasteiger partial charge in [-0.2, -0.15) is 4.31 Å². The van der Waals surface area contributed by atoms with Gasteiger partial charge in [0.2, 0.25) is 10.0 Å². The van der Waals surface area contributed by atoms with E-state index in [-0.39, 0.29) is 29.6 Å². The van der Waals surface area contributed by atoms with E-state index < -0.39 is 10.0 Å². The minimum atomic E-state index is -3.14. The zero-order valence-electron chi connectivity index (χ0n) is 18.2. The van der Waals surface area contributed by atoms with Crippen LogP contribution in [-0.2, 0) is 10.0 Å². The summed E-state index contributed by atoms with van der Waals surface area (Å²) in [6, 6.07) is 7.66. The monoisotopic (exact) mass is 457 g/mol. The molecule has 8 heteroatoms. The normalized spacial score (nSPS) is 20.3. The molecule has 2 aliphatic rings. The van der Waals surface area contributed by atoms with E-state index in [0.29, 0.717) is 31.6 Å². The molecule has 0 unspecified atom stereocenters. The molecule has 1 amide bonds. The molecule has 1 saturated carbocycles. The Hall–Kier alpha value is -1.15. The second-order valence-electron chi connectivity index (χ2n) is 8.54. The number of carbonyl (C=O) groups is 1. The molecule has 0 bridgehead atoms. The van der Waals surface area contributed by atoms with Crippen LogP contribution in [0.25, 0.3) is 0 Å². The molecule has 1 aliphatic carbocycles. The minimum Gasteiger partial charge on any atom is -0.350 e. The molecule has 1 aromatic carbocycles. The summed E-state index contributed by atoms with van der Waals surface area (Å²) < 4.78 is 26.4. The van der Waals surface area contributed by atoms with Crippen molar-refractivity contribution in [2.24, 2.45) is 0 Å². The lowest BCUT2D eigenvalue weighted by Crippen LogP contribution is -2.62. The van der Waals surface area contributed by atoms with Crippen LogP contribution in [0.3, 0.4) is 0 Å². The summed E-state index contributed by atoms with van der Waals surface area (Å²) in [5.41, 5.74) is 1.78. The predicted molar refractivity (Wildman–Crippen MR) is 124 cm³/mol. The van der Waals surface area contributed by atoms with Gasteiger partial charge in [0, 0.05) is 43.8 Å². The molecule has 1 saturated heterocycles. The van der Waals surface area contributed by atoms with Crippen molar-refractivity contribution < 1.29 is 13.2 Å². The number of aryl methyl sites for hydroxylation is 1. The van der Waals surface area contributed by atoms with Gasteiger partial charge in [-0.25, -0.2) is 8.42 Å². The summed E-state index contributed by atoms with van der Waals surface area (Å²) in [6.07, 6.45) is 6.32. The van der Waals surface area contributed by atoms with Gasteiger partial charge in [0.05, 0.1) is 5.75 Å². The molecule has 0 radical (unpaired) electrons. The number of sulfonamides is 1. The third-order valence-electron chi connectivity index (χ3n) is 6.44. The lowest BCUT2D eigenvalue weighted by atomic mass is 9.79. The maximum Gasteiger partial charge on any atom is 0.251 e. The highest BCUT2D eigenvalue weighted by atomic mass is 35.5. The maximum atomic E-state index is 12.7. The number of carbonyl (C=O) groups excluding carboxylic acids is 1. The van der Waals surface area contributed by atoms with Crippen LogP contribution in [-0.4, -0.2) is 67.5 Å². The van der Waals surface area contributed by atoms with Crippen molar-refractivity contribution in [2.75, 3.05) is 38.5 Å². The van der Waals surface area contributed by atoms with E-state index >= 15 is 0 Å². The van der Waals surface area contributed by atoms with Crippen LogP contribution in [0.15, 0.2) is 24.3 Å². The molecule has 2 fully saturated rings. The van der Waals surface area contributed by atoms with Crippen LogP contribution in [0, 0.1) is 6.92 Å². The first-order valence-electron chi connectivity index (χ1n) is 10.9. The molecule has 1 aromatic rings. The van der Waals surface area contributed by atoms with Gasteiger partial charge < -0.3 is 5.32 Å². The van der Waals surface area contributed by atoms with Gasteiger partial charge in [-0.05, 0) is 38.3 Å². The summed E-state index contributed by atoms with van der Waals surface area (Å²) in [4.78, 5) is 15.1. The maximum absolute atomic E-state index is 12.7. The molecule has 0 atom stereocenters. The average molecular weight is 458 g/mol. The van der Waals surface area contributed by atoms with Crippen LogP contribution < -0.4 is 5.32 Å². The van der Waals surface area contributed by atoms with Crippen molar-refractivity contribution in [1.82, 2.24) is 14.5 Å². The summed E-state index contributed by atoms with van der Waals surface area (Å²) in [5.74, 6) is 0.198. The molecule has 1 aliphatic heterocycles. The first-order valence-corrected chi connectivity index (χ1v) is 12.5. The standard InChI is InChI=1S/C22H35N3O3S.ClH/c1-3-17-29(27,28)25-15-13-24(14-16-25)22(11-5-4-6-12-22)18-23-21(26)20-9-7-19(2)8-10-20;/h7-10H,3-6,11-18H2,1-2H3,(H,23,26);1H. The van der Waals surface area contributed by atoms with Gasteiger partial charge in [-0.1, -0.05) is 43.9 Å². The van der Waals surface area contributed by atoms with Crippen molar-refractivity contribution in [1.29, 1.82) is 0 Å². The molecule has 30 heavy (non-hydrogen) atoms. The highest BCUT2D eigenvalue weighted by Gasteiger charge is 2.40. The topological polar surface area (TPSA) is 69.7 Å². The van der Waals surface area contributed by atoms with E-state index in [0.717, 1.165) is 44.3 Å². The first-order chi connectivity index (χ1) is 13.9. The Morgan fingerprint density at radius 1 is 1.03 bits per heavy atom. The van der Waals surface area contributed by atoms with E-state index in [9.17, 15) is 13.2 Å². The number of amides is 1. The fraction of sp³-hybridized carbons (Fsp3) is 0.682. The molecule has 1 heterocycles. The molecular weight excluding hydrogens is 422 g/mol. The number of rotatable bonds is 7. The number of benzene rings is 1. The van der Waals surface area contributed by atoms with Crippen LogP contribution >= 0.6 is 12.4 Å². The third-order valence-corrected chi connectivity index (χ3v) is 8.52. The SMILES string of the molecule is CCCS(=O)(=O)N1CCN(C2(CNC(=O)c3ccc(C)cc3)CCCCC2)CC1.Cl. The Balaban J connectivity index is 0.00000320. The largest absolute Gasteiger partial charge is 0.350 e. The van der Waals surface area contributed by atoms with Crippen LogP contribution in [0.1, 0.15) is 61.4 Å². The van der Waals surface area contributed by atoms with E-state index in [1.54, 1.807) is 4.31 Å². The Morgan fingerprint density at radius 3 is 2.20 bits per heavy atom. The van der Waals surface area contributed by atoms with E-state index in [4.69, 9.17) is 0 Å². The zero-order valence-corrected chi connectivity index (χ0v) is 19.9. The average Bonchev–Trinajstić information content (AvgIpc) is 2.73. The molecule has 3 rings (SSSR count). The molecular formula is C22H36ClN3O3S. The van der Waals surface area contributed by atoms with Gasteiger partial charge in [0.25, 0.3) is 5.91 Å². The van der Waals surface area contributed by atoms with E-state index in [1.165, 1.54) is 6.42 Å². The molecule has 6 nitrogen and oxygen atoms in total. The number of halogens is 1. The van der Waals surface area contributed by atoms with Crippen molar-refractivity contribution in [3.05, 3.63) is 35.4 Å². The number of nitrogens with one attached hydrogen (secondary N) is 1. The number of hydrogen-bond acceptors (Lipinski definition) is 4. The highest BCUT2D eigenvalue weighted by molar-refractivity contribution is 7.89. The summed E-state index contributed by atoms with van der Waals surface area (Å²) in [7, 11) is -3.14. The fourth-order valence-electron chi connectivity index (χ4n) is 4.69. The second kappa shape index (κ2) is 10.9. The molecule has 170 valence electrons. The van der Waals surface area contributed by atoms with Gasteiger partial charge in [0.15, 0.2) is 0 Å². The predicted octanol–water partition coefficient (Wildman–Crippen LogP) is 3.21. The van der Waals surface area contributed by atoms with Crippen molar-refractivity contribution in [3.8, 4) is 0 Å². The number of piperazine rings is 1. The van der Waals surface area contributed by atoms with Gasteiger partial charge >= 0.3 is 0 Å². The van der Waals surface area contributed by atoms with Crippen molar-refractivity contribution in [2.45, 2.75) is 57.9 Å². The van der Waals surface area contributed by atoms with Crippen LogP contribution in [0.5, 0.6) is 0 Å². The quantitative estimate of drug-likeness (QED) is 0.682. The molecule has 0 spiro atoms. The Bertz CT molecular complexity index is 784. The smallest absolute Gasteiger partial charge is 0.251 e. The lowest BCUT2D eigenvalue weighted by molar-refractivity contribution is 0.0240. The molecule has 1 N–H and O–H groups in total. The second-order valence-corrected chi connectivity index (χ2v) is 10.6. The number of nitrogens with zero attached hydrogens (tertiary/aromatic N) is 2. The van der Waals surface area contributed by atoms with E-state index in [2.05, 4.69) is 10.2 Å². The minimum absolute atomic E-state index is 0. The van der Waals surface area contributed by atoms with E-state index in [1.807, 2.05) is 38.1 Å². The lowest BCUT2D eigenvalue weighted by Gasteiger charge is -2.49. The summed E-state index contributed by atoms with van der Waals surface area (Å²) in [6.45, 7) is 7.13. The first kappa shape index (κ1) is 25.1. The van der Waals surface area contributed by atoms with Gasteiger partial charge in [0.1, 0.15) is 0 Å². The van der Waals surface area contributed by atoms with Crippen LogP contribution in [0.2, 0.25) is 0 Å². The fourth-order valence-corrected chi connectivity index (χ4v) is 6.19. The van der Waals surface area contributed by atoms with Gasteiger partial charge in [-0.15, -0.1) is 12.4 Å². The number of hydrogen-bond donors (Lipinski definition) is 1. The Morgan fingerprint density at radius 2 is 1.63 bits per heavy atom. The third kappa shape index (κ3) is 5.96. The van der Waals surface area contributed by atoms with Gasteiger partial charge in [-0.3, -0.25) is 9.69 Å². The Kier molecular flexibility index (Phi) is 9.15. The van der Waals surface area contributed by atoms with Crippen LogP contribution in [0.4, 0.5) is 0 Å². The molecule has 0 aromatic heterocycles. The zero-order chi connectivity index (χ0) is 20.9. The van der Waals surface area contributed by atoms with Crippen molar-refractivity contribution >= 4 is 28.3 Å². The summed E-state index contributed by atoms with van der Waals surface area (Å²) in [5, 5.41) is 3.18.